The number of hydrogen-bond donors (Lipinski definition) is 2. The van der Waals surface area contributed by atoms with Crippen LogP contribution >= 0.6 is 0 Å². The van der Waals surface area contributed by atoms with E-state index in [0.717, 1.165) is 44.1 Å². The van der Waals surface area contributed by atoms with Gasteiger partial charge in [0.05, 0.1) is 11.7 Å². The minimum atomic E-state index is -0.709. The van der Waals surface area contributed by atoms with Gasteiger partial charge in [-0.2, -0.15) is 5.26 Å². The molecule has 1 saturated heterocycles. The van der Waals surface area contributed by atoms with Crippen molar-refractivity contribution in [3.63, 3.8) is 0 Å². The number of likely N-dealkylation sites (tertiary alicyclic amines) is 1. The van der Waals surface area contributed by atoms with E-state index in [4.69, 9.17) is 0 Å². The Morgan fingerprint density at radius 3 is 2.55 bits per heavy atom. The van der Waals surface area contributed by atoms with Gasteiger partial charge in [-0.1, -0.05) is 30.3 Å². The molecular formula is C27H33N3O3. The van der Waals surface area contributed by atoms with Crippen molar-refractivity contribution >= 4 is 11.8 Å². The number of carbonyl (C=O) groups is 2. The Kier molecular flexibility index (Phi) is 4.85. The zero-order valence-electron chi connectivity index (χ0n) is 19.1. The summed E-state index contributed by atoms with van der Waals surface area (Å²) in [6, 6.07) is 11.3. The van der Waals surface area contributed by atoms with Crippen LogP contribution in [0.1, 0.15) is 56.9 Å². The van der Waals surface area contributed by atoms with Crippen molar-refractivity contribution in [2.45, 2.75) is 75.5 Å². The highest BCUT2D eigenvalue weighted by molar-refractivity contribution is 5.89. The van der Waals surface area contributed by atoms with Crippen LogP contribution in [0.4, 0.5) is 0 Å². The lowest BCUT2D eigenvalue weighted by atomic mass is 9.46. The first kappa shape index (κ1) is 21.2. The molecule has 1 aliphatic heterocycles. The lowest BCUT2D eigenvalue weighted by Crippen LogP contribution is -2.66. The number of nitrogens with one attached hydrogen (secondary N) is 1. The molecule has 6 atom stereocenters. The molecule has 6 nitrogen and oxygen atoms in total. The number of hydrogen-bond acceptors (Lipinski definition) is 4. The maximum absolute atomic E-state index is 14.0. The van der Waals surface area contributed by atoms with Crippen molar-refractivity contribution in [3.8, 4) is 6.07 Å². The Hall–Kier alpha value is -2.39. The first-order chi connectivity index (χ1) is 15.9. The second kappa shape index (κ2) is 7.56. The van der Waals surface area contributed by atoms with Crippen LogP contribution in [0.5, 0.6) is 0 Å². The second-order valence-corrected chi connectivity index (χ2v) is 11.8. The molecule has 6 aliphatic rings. The van der Waals surface area contributed by atoms with Crippen LogP contribution in [0.25, 0.3) is 0 Å². The maximum atomic E-state index is 14.0. The second-order valence-electron chi connectivity index (χ2n) is 11.8. The highest BCUT2D eigenvalue weighted by Crippen LogP contribution is 2.63. The highest BCUT2D eigenvalue weighted by Gasteiger charge is 2.63. The fraction of sp³-hybridized carbons (Fsp3) is 0.667. The molecule has 1 heterocycles. The van der Waals surface area contributed by atoms with Crippen LogP contribution in [-0.4, -0.2) is 46.1 Å². The number of carbonyl (C=O) groups excluding carboxylic acids is 2. The molecule has 5 saturated carbocycles. The molecule has 0 radical (unpaired) electrons. The van der Waals surface area contributed by atoms with Crippen molar-refractivity contribution < 1.29 is 14.7 Å². The summed E-state index contributed by atoms with van der Waals surface area (Å²) in [5.74, 6) is 1.38. The number of aryl methyl sites for hydroxylation is 1. The lowest BCUT2D eigenvalue weighted by Gasteiger charge is -2.62. The van der Waals surface area contributed by atoms with Gasteiger partial charge in [0.15, 0.2) is 0 Å². The maximum Gasteiger partial charge on any atom is 0.246 e. The topological polar surface area (TPSA) is 93.4 Å². The Labute approximate surface area is 195 Å². The first-order valence-electron chi connectivity index (χ1n) is 12.6. The van der Waals surface area contributed by atoms with Gasteiger partial charge in [0.2, 0.25) is 11.8 Å². The van der Waals surface area contributed by atoms with E-state index in [1.165, 1.54) is 0 Å². The quantitative estimate of drug-likeness (QED) is 0.701. The SMILES string of the molecule is N#CC1C2CC2CN1C(=O)C(NC(=O)CCc1ccccc1)C12CC3CC(CC(O)(C3)C1)C2. The third kappa shape index (κ3) is 3.65. The highest BCUT2D eigenvalue weighted by atomic mass is 16.3. The number of fused-ring (bicyclic) bond motifs is 1. The minimum absolute atomic E-state index is 0.0904. The lowest BCUT2D eigenvalue weighted by molar-refractivity contribution is -0.181. The van der Waals surface area contributed by atoms with Gasteiger partial charge in [-0.05, 0) is 80.6 Å². The Bertz CT molecular complexity index is 988. The molecule has 2 amide bonds. The molecule has 5 aliphatic carbocycles. The molecule has 6 unspecified atom stereocenters. The number of piperidine rings is 1. The molecule has 1 aromatic carbocycles. The molecule has 0 spiro atoms. The van der Waals surface area contributed by atoms with E-state index >= 15 is 0 Å². The van der Waals surface area contributed by atoms with Crippen LogP contribution < -0.4 is 5.32 Å². The summed E-state index contributed by atoms with van der Waals surface area (Å²) in [7, 11) is 0. The smallest absolute Gasteiger partial charge is 0.246 e. The molecule has 174 valence electrons. The Morgan fingerprint density at radius 1 is 1.15 bits per heavy atom. The van der Waals surface area contributed by atoms with E-state index in [-0.39, 0.29) is 17.9 Å². The Balaban J connectivity index is 1.26. The average Bonchev–Trinajstić information content (AvgIpc) is 3.44. The van der Waals surface area contributed by atoms with Gasteiger partial charge in [0.25, 0.3) is 0 Å². The number of aliphatic hydroxyl groups is 1. The van der Waals surface area contributed by atoms with Gasteiger partial charge in [-0.3, -0.25) is 9.59 Å². The molecule has 6 heteroatoms. The number of rotatable bonds is 6. The average molecular weight is 448 g/mol. The molecule has 4 bridgehead atoms. The van der Waals surface area contributed by atoms with E-state index < -0.39 is 17.1 Å². The summed E-state index contributed by atoms with van der Waals surface area (Å²) in [5.41, 5.74) is -0.00612. The van der Waals surface area contributed by atoms with E-state index in [1.807, 2.05) is 30.3 Å². The van der Waals surface area contributed by atoms with Crippen molar-refractivity contribution in [2.24, 2.45) is 29.1 Å². The van der Waals surface area contributed by atoms with Crippen LogP contribution in [0.2, 0.25) is 0 Å². The molecule has 6 fully saturated rings. The van der Waals surface area contributed by atoms with E-state index in [1.54, 1.807) is 4.90 Å². The van der Waals surface area contributed by atoms with Crippen molar-refractivity contribution in [1.82, 2.24) is 10.2 Å². The standard InChI is InChI=1S/C27H33N3O3/c28-14-22-21-9-20(21)15-30(22)25(32)24(29-23(31)7-6-17-4-2-1-3-5-17)26-10-18-8-19(11-26)13-27(33,12-18)16-26/h1-5,18-22,24,33H,6-13,15-16H2,(H,29,31). The van der Waals surface area contributed by atoms with Crippen molar-refractivity contribution in [2.75, 3.05) is 6.54 Å². The van der Waals surface area contributed by atoms with Crippen LogP contribution in [0.15, 0.2) is 30.3 Å². The number of nitrogens with zero attached hydrogens (tertiary/aromatic N) is 2. The number of amides is 2. The van der Waals surface area contributed by atoms with Crippen LogP contribution in [-0.2, 0) is 16.0 Å². The zero-order chi connectivity index (χ0) is 22.8. The van der Waals surface area contributed by atoms with Crippen LogP contribution in [0.3, 0.4) is 0 Å². The van der Waals surface area contributed by atoms with Crippen LogP contribution in [0, 0.1) is 40.4 Å². The van der Waals surface area contributed by atoms with Gasteiger partial charge in [0.1, 0.15) is 12.1 Å². The predicted octanol–water partition coefficient (Wildman–Crippen LogP) is 2.81. The third-order valence-corrected chi connectivity index (χ3v) is 9.29. The van der Waals surface area contributed by atoms with Gasteiger partial charge in [0, 0.05) is 18.4 Å². The number of nitriles is 1. The molecule has 1 aromatic rings. The number of benzene rings is 1. The Morgan fingerprint density at radius 2 is 1.88 bits per heavy atom. The summed E-state index contributed by atoms with van der Waals surface area (Å²) in [4.78, 5) is 28.9. The molecule has 33 heavy (non-hydrogen) atoms. The fourth-order valence-corrected chi connectivity index (χ4v) is 8.26. The summed E-state index contributed by atoms with van der Waals surface area (Å²) >= 11 is 0. The van der Waals surface area contributed by atoms with Crippen molar-refractivity contribution in [1.29, 1.82) is 5.26 Å². The van der Waals surface area contributed by atoms with Gasteiger partial charge < -0.3 is 15.3 Å². The van der Waals surface area contributed by atoms with Gasteiger partial charge in [-0.25, -0.2) is 0 Å². The molecule has 7 rings (SSSR count). The van der Waals surface area contributed by atoms with Gasteiger partial charge >= 0.3 is 0 Å². The molecule has 2 N–H and O–H groups in total. The largest absolute Gasteiger partial charge is 0.390 e. The summed E-state index contributed by atoms with van der Waals surface area (Å²) in [6.45, 7) is 0.630. The summed E-state index contributed by atoms with van der Waals surface area (Å²) in [6.07, 6.45) is 7.12. The van der Waals surface area contributed by atoms with Crippen molar-refractivity contribution in [3.05, 3.63) is 35.9 Å². The summed E-state index contributed by atoms with van der Waals surface area (Å²) < 4.78 is 0. The first-order valence-corrected chi connectivity index (χ1v) is 12.6. The van der Waals surface area contributed by atoms with Gasteiger partial charge in [-0.15, -0.1) is 0 Å². The summed E-state index contributed by atoms with van der Waals surface area (Å²) in [5, 5.41) is 24.2. The third-order valence-electron chi connectivity index (χ3n) is 9.29. The molecular weight excluding hydrogens is 414 g/mol. The zero-order valence-corrected chi connectivity index (χ0v) is 19.1. The fourth-order valence-electron chi connectivity index (χ4n) is 8.26. The predicted molar refractivity (Wildman–Crippen MR) is 121 cm³/mol. The van der Waals surface area contributed by atoms with E-state index in [9.17, 15) is 20.0 Å². The normalized spacial score (nSPS) is 40.7. The monoisotopic (exact) mass is 447 g/mol. The molecule has 0 aromatic heterocycles. The van der Waals surface area contributed by atoms with E-state index in [0.29, 0.717) is 49.5 Å². The van der Waals surface area contributed by atoms with E-state index in [2.05, 4.69) is 11.4 Å². The minimum Gasteiger partial charge on any atom is -0.390 e.